The highest BCUT2D eigenvalue weighted by Crippen LogP contribution is 2.32. The highest BCUT2D eigenvalue weighted by Gasteiger charge is 2.13. The largest absolute Gasteiger partial charge is 0.436 e. The van der Waals surface area contributed by atoms with E-state index in [1.807, 2.05) is 148 Å². The van der Waals surface area contributed by atoms with Gasteiger partial charge < -0.3 is 13.3 Å². The van der Waals surface area contributed by atoms with Gasteiger partial charge in [0.2, 0.25) is 17.7 Å². The fourth-order valence-corrected chi connectivity index (χ4v) is 7.41. The minimum absolute atomic E-state index is 0.659. The lowest BCUT2D eigenvalue weighted by Crippen LogP contribution is -1.76. The van der Waals surface area contributed by atoms with Gasteiger partial charge in [-0.2, -0.15) is 0 Å². The molecule has 0 unspecified atom stereocenters. The van der Waals surface area contributed by atoms with Crippen LogP contribution in [0, 0.1) is 20.8 Å². The minimum Gasteiger partial charge on any atom is -0.436 e. The molecule has 0 saturated carbocycles. The summed E-state index contributed by atoms with van der Waals surface area (Å²) in [5.74, 6) is 1.98. The monoisotopic (exact) mass is 861 g/mol. The summed E-state index contributed by atoms with van der Waals surface area (Å²) in [5, 5.41) is 0. The first-order valence-electron chi connectivity index (χ1n) is 16.1. The van der Waals surface area contributed by atoms with Crippen molar-refractivity contribution in [2.24, 2.45) is 0 Å². The molecular weight excluding hydrogens is 834 g/mol. The molecular formula is C42H30Br3N3O3. The number of aryl methyl sites for hydroxylation is 3. The number of benzene rings is 6. The van der Waals surface area contributed by atoms with E-state index in [1.165, 1.54) is 0 Å². The second-order valence-electron chi connectivity index (χ2n) is 11.9. The van der Waals surface area contributed by atoms with E-state index in [9.17, 15) is 0 Å². The predicted molar refractivity (Wildman–Crippen MR) is 216 cm³/mol. The molecule has 0 aliphatic carbocycles. The number of hydrogen-bond acceptors (Lipinski definition) is 6. The van der Waals surface area contributed by atoms with Gasteiger partial charge in [0.05, 0.1) is 8.95 Å². The third-order valence-corrected chi connectivity index (χ3v) is 9.62. The molecule has 3 heterocycles. The maximum Gasteiger partial charge on any atom is 0.227 e. The van der Waals surface area contributed by atoms with Gasteiger partial charge >= 0.3 is 0 Å². The molecule has 0 saturated heterocycles. The predicted octanol–water partition coefficient (Wildman–Crippen LogP) is 13.7. The lowest BCUT2D eigenvalue weighted by molar-refractivity contribution is 0.617. The normalized spacial score (nSPS) is 10.9. The molecule has 6 nitrogen and oxygen atoms in total. The number of rotatable bonds is 3. The maximum absolute atomic E-state index is 5.78. The highest BCUT2D eigenvalue weighted by molar-refractivity contribution is 9.11. The Morgan fingerprint density at radius 3 is 1.22 bits per heavy atom. The first kappa shape index (κ1) is 34.6. The molecule has 252 valence electrons. The fraction of sp³-hybridized carbons (Fsp3) is 0.0714. The van der Waals surface area contributed by atoms with Crippen LogP contribution in [0.3, 0.4) is 0 Å². The van der Waals surface area contributed by atoms with E-state index >= 15 is 0 Å². The average Bonchev–Trinajstić information content (AvgIpc) is 3.88. The smallest absolute Gasteiger partial charge is 0.227 e. The molecule has 0 aliphatic heterocycles. The van der Waals surface area contributed by atoms with Crippen molar-refractivity contribution in [3.8, 4) is 34.4 Å². The zero-order chi connectivity index (χ0) is 35.5. The molecule has 0 radical (unpaired) electrons. The van der Waals surface area contributed by atoms with Crippen molar-refractivity contribution in [3.05, 3.63) is 158 Å². The Hall–Kier alpha value is -4.83. The molecule has 51 heavy (non-hydrogen) atoms. The van der Waals surface area contributed by atoms with Crippen LogP contribution >= 0.6 is 47.8 Å². The topological polar surface area (TPSA) is 78.1 Å². The third-order valence-electron chi connectivity index (χ3n) is 7.83. The first-order valence-corrected chi connectivity index (χ1v) is 18.5. The lowest BCUT2D eigenvalue weighted by Gasteiger charge is -1.93. The molecule has 0 aliphatic rings. The molecule has 0 atom stereocenters. The summed E-state index contributed by atoms with van der Waals surface area (Å²) < 4.78 is 20.2. The lowest BCUT2D eigenvalue weighted by atomic mass is 10.2. The van der Waals surface area contributed by atoms with Gasteiger partial charge in [-0.1, -0.05) is 54.6 Å². The summed E-state index contributed by atoms with van der Waals surface area (Å²) >= 11 is 10.5. The van der Waals surface area contributed by atoms with Crippen LogP contribution < -0.4 is 0 Å². The molecule has 9 heteroatoms. The fourth-order valence-electron chi connectivity index (χ4n) is 5.48. The van der Waals surface area contributed by atoms with E-state index in [-0.39, 0.29) is 0 Å². The van der Waals surface area contributed by atoms with Crippen LogP contribution in [0.2, 0.25) is 0 Å². The van der Waals surface area contributed by atoms with Crippen molar-refractivity contribution in [3.63, 3.8) is 0 Å². The summed E-state index contributed by atoms with van der Waals surface area (Å²) in [7, 11) is 0. The van der Waals surface area contributed by atoms with Crippen molar-refractivity contribution in [2.75, 3.05) is 0 Å². The molecule has 0 bridgehead atoms. The Labute approximate surface area is 320 Å². The summed E-state index contributed by atoms with van der Waals surface area (Å²) in [6, 6.07) is 41.9. The Kier molecular flexibility index (Phi) is 10.3. The number of nitrogens with zero attached hydrogens (tertiary/aromatic N) is 3. The van der Waals surface area contributed by atoms with Gasteiger partial charge in [-0.25, -0.2) is 15.0 Å². The van der Waals surface area contributed by atoms with Gasteiger partial charge in [-0.3, -0.25) is 0 Å². The number of halogens is 3. The highest BCUT2D eigenvalue weighted by atomic mass is 79.9. The van der Waals surface area contributed by atoms with Gasteiger partial charge in [0.15, 0.2) is 16.7 Å². The van der Waals surface area contributed by atoms with E-state index < -0.39 is 0 Å². The first-order chi connectivity index (χ1) is 24.7. The van der Waals surface area contributed by atoms with Crippen LogP contribution in [-0.4, -0.2) is 15.0 Å². The molecule has 3 aromatic heterocycles. The average molecular weight is 864 g/mol. The van der Waals surface area contributed by atoms with E-state index in [1.54, 1.807) is 0 Å². The van der Waals surface area contributed by atoms with Crippen LogP contribution in [0.25, 0.3) is 67.7 Å². The molecule has 6 aromatic carbocycles. The molecule has 0 spiro atoms. The number of oxazole rings is 3. The van der Waals surface area contributed by atoms with Crippen LogP contribution in [-0.2, 0) is 0 Å². The van der Waals surface area contributed by atoms with Crippen molar-refractivity contribution < 1.29 is 13.3 Å². The summed E-state index contributed by atoms with van der Waals surface area (Å²) in [4.78, 5) is 13.5. The van der Waals surface area contributed by atoms with Crippen LogP contribution in [0.1, 0.15) is 16.7 Å². The standard InChI is InChI=1S/3C14H10BrNO/c1-9-7-11(15)13-12(8-9)17-14(16-13)10-5-3-2-4-6-10;2*1-9-7-11(15)13-12(8-9)16-14(17-13)10-5-3-2-4-6-10/h3*2-8H,1H3. The van der Waals surface area contributed by atoms with Gasteiger partial charge in [0.1, 0.15) is 16.6 Å². The van der Waals surface area contributed by atoms with Crippen LogP contribution in [0.5, 0.6) is 0 Å². The Balaban J connectivity index is 0.000000119. The van der Waals surface area contributed by atoms with Crippen LogP contribution in [0.4, 0.5) is 0 Å². The molecule has 9 aromatic rings. The van der Waals surface area contributed by atoms with Gasteiger partial charge in [-0.15, -0.1) is 0 Å². The SMILES string of the molecule is Cc1cc(Br)c2nc(-c3ccccc3)oc2c1.Cc1cc(Br)c2oc(-c3ccccc3)nc2c1.Cc1cc(Br)c2oc(-c3ccccc3)nc2c1. The molecule has 0 fully saturated rings. The Morgan fingerprint density at radius 1 is 0.412 bits per heavy atom. The number of aromatic nitrogens is 3. The zero-order valence-corrected chi connectivity index (χ0v) is 32.6. The van der Waals surface area contributed by atoms with Gasteiger partial charge in [0, 0.05) is 21.2 Å². The maximum atomic E-state index is 5.78. The van der Waals surface area contributed by atoms with Crippen LogP contribution in [0.15, 0.2) is 154 Å². The van der Waals surface area contributed by atoms with Gasteiger partial charge in [-0.05, 0) is 158 Å². The van der Waals surface area contributed by atoms with Crippen molar-refractivity contribution in [1.82, 2.24) is 15.0 Å². The number of fused-ring (bicyclic) bond motifs is 3. The second kappa shape index (κ2) is 15.2. The molecule has 0 N–H and O–H groups in total. The molecule has 0 amide bonds. The van der Waals surface area contributed by atoms with Crippen molar-refractivity contribution in [2.45, 2.75) is 20.8 Å². The number of hydrogen-bond donors (Lipinski definition) is 0. The summed E-state index contributed by atoms with van der Waals surface area (Å²) in [6.45, 7) is 6.12. The quantitative estimate of drug-likeness (QED) is 0.176. The second-order valence-corrected chi connectivity index (χ2v) is 14.5. The summed E-state index contributed by atoms with van der Waals surface area (Å²) in [6.07, 6.45) is 0. The molecule has 9 rings (SSSR count). The van der Waals surface area contributed by atoms with Gasteiger partial charge in [0.25, 0.3) is 0 Å². The van der Waals surface area contributed by atoms with E-state index in [2.05, 4.69) is 62.7 Å². The Morgan fingerprint density at radius 2 is 0.784 bits per heavy atom. The van der Waals surface area contributed by atoms with E-state index in [0.29, 0.717) is 17.7 Å². The van der Waals surface area contributed by atoms with E-state index in [0.717, 1.165) is 80.1 Å². The van der Waals surface area contributed by atoms with E-state index in [4.69, 9.17) is 13.3 Å². The third kappa shape index (κ3) is 7.91. The van der Waals surface area contributed by atoms with Crippen molar-refractivity contribution in [1.29, 1.82) is 0 Å². The Bertz CT molecular complexity index is 2310. The zero-order valence-electron chi connectivity index (χ0n) is 27.8. The summed E-state index contributed by atoms with van der Waals surface area (Å²) in [5.41, 5.74) is 11.5. The minimum atomic E-state index is 0.659. The van der Waals surface area contributed by atoms with Crippen molar-refractivity contribution >= 4 is 81.1 Å².